The van der Waals surface area contributed by atoms with Gasteiger partial charge in [0, 0.05) is 5.92 Å². The molecule has 0 aliphatic heterocycles. The lowest BCUT2D eigenvalue weighted by atomic mass is 9.81. The molecule has 1 rings (SSSR count). The van der Waals surface area contributed by atoms with Crippen LogP contribution in [0.1, 0.15) is 27.2 Å². The summed E-state index contributed by atoms with van der Waals surface area (Å²) >= 11 is 0. The van der Waals surface area contributed by atoms with Crippen LogP contribution in [0.15, 0.2) is 11.6 Å². The second-order valence-corrected chi connectivity index (χ2v) is 3.61. The minimum Gasteiger partial charge on any atom is -0.378 e. The number of Topliss-reactive ketones (excluding diaryl/α,β-unsaturated/α-hetero) is 1. The van der Waals surface area contributed by atoms with Gasteiger partial charge in [0.05, 0.1) is 0 Å². The van der Waals surface area contributed by atoms with Gasteiger partial charge in [-0.1, -0.05) is 12.5 Å². The van der Waals surface area contributed by atoms with E-state index < -0.39 is 5.60 Å². The normalized spacial score (nSPS) is 38.7. The summed E-state index contributed by atoms with van der Waals surface area (Å²) in [6.07, 6.45) is 2.43. The molecule has 0 aromatic rings. The first-order valence-electron chi connectivity index (χ1n) is 3.88. The molecule has 2 heteroatoms. The lowest BCUT2D eigenvalue weighted by molar-refractivity contribution is -0.136. The maximum absolute atomic E-state index is 11.3. The van der Waals surface area contributed by atoms with Gasteiger partial charge in [0.2, 0.25) is 0 Å². The standard InChI is InChI=1S/C9H14O2/c1-6-4-7(2)8(10)9(3,11)5-6/h5,7,11H,4H2,1-3H3. The predicted molar refractivity (Wildman–Crippen MR) is 43.2 cm³/mol. The van der Waals surface area contributed by atoms with E-state index in [0.717, 1.165) is 12.0 Å². The fourth-order valence-corrected chi connectivity index (χ4v) is 1.68. The third kappa shape index (κ3) is 1.51. The minimum atomic E-state index is -1.22. The number of rotatable bonds is 0. The third-order valence-electron chi connectivity index (χ3n) is 2.10. The smallest absolute Gasteiger partial charge is 0.171 e. The average molecular weight is 154 g/mol. The van der Waals surface area contributed by atoms with Crippen LogP contribution in [-0.2, 0) is 4.79 Å². The highest BCUT2D eigenvalue weighted by molar-refractivity contribution is 5.91. The van der Waals surface area contributed by atoms with Crippen LogP contribution >= 0.6 is 0 Å². The zero-order valence-electron chi connectivity index (χ0n) is 7.22. The highest BCUT2D eigenvalue weighted by atomic mass is 16.3. The molecule has 2 atom stereocenters. The molecule has 0 heterocycles. The SMILES string of the molecule is CC1=CC(C)(O)C(=O)C(C)C1. The van der Waals surface area contributed by atoms with Gasteiger partial charge in [-0.05, 0) is 26.3 Å². The van der Waals surface area contributed by atoms with Crippen LogP contribution in [0.2, 0.25) is 0 Å². The van der Waals surface area contributed by atoms with E-state index in [-0.39, 0.29) is 11.7 Å². The van der Waals surface area contributed by atoms with E-state index in [1.807, 2.05) is 13.8 Å². The number of carbonyl (C=O) groups is 1. The Balaban J connectivity index is 2.97. The highest BCUT2D eigenvalue weighted by Gasteiger charge is 2.35. The summed E-state index contributed by atoms with van der Waals surface area (Å²) in [6, 6.07) is 0. The van der Waals surface area contributed by atoms with Crippen LogP contribution < -0.4 is 0 Å². The number of ketones is 1. The molecule has 11 heavy (non-hydrogen) atoms. The van der Waals surface area contributed by atoms with E-state index in [1.165, 1.54) is 0 Å². The molecule has 1 aliphatic rings. The van der Waals surface area contributed by atoms with Gasteiger partial charge in [-0.3, -0.25) is 4.79 Å². The summed E-state index contributed by atoms with van der Waals surface area (Å²) in [6.45, 7) is 5.35. The molecule has 0 amide bonds. The van der Waals surface area contributed by atoms with Crippen molar-refractivity contribution in [1.82, 2.24) is 0 Å². The molecule has 0 radical (unpaired) electrons. The van der Waals surface area contributed by atoms with Crippen LogP contribution in [0.25, 0.3) is 0 Å². The number of carbonyl (C=O) groups excluding carboxylic acids is 1. The highest BCUT2D eigenvalue weighted by Crippen LogP contribution is 2.26. The van der Waals surface area contributed by atoms with Gasteiger partial charge in [-0.15, -0.1) is 0 Å². The molecule has 0 aromatic carbocycles. The van der Waals surface area contributed by atoms with Crippen molar-refractivity contribution in [1.29, 1.82) is 0 Å². The summed E-state index contributed by atoms with van der Waals surface area (Å²) in [7, 11) is 0. The van der Waals surface area contributed by atoms with Crippen LogP contribution in [0.3, 0.4) is 0 Å². The first-order valence-corrected chi connectivity index (χ1v) is 3.88. The Kier molecular flexibility index (Phi) is 1.89. The van der Waals surface area contributed by atoms with Gasteiger partial charge >= 0.3 is 0 Å². The van der Waals surface area contributed by atoms with E-state index in [1.54, 1.807) is 13.0 Å². The topological polar surface area (TPSA) is 37.3 Å². The average Bonchev–Trinajstić information content (AvgIpc) is 1.81. The largest absolute Gasteiger partial charge is 0.378 e. The Labute approximate surface area is 66.9 Å². The molecule has 1 aliphatic carbocycles. The lowest BCUT2D eigenvalue weighted by Crippen LogP contribution is -2.40. The summed E-state index contributed by atoms with van der Waals surface area (Å²) in [5.74, 6) is -0.0990. The molecule has 62 valence electrons. The number of hydrogen-bond donors (Lipinski definition) is 1. The Morgan fingerprint density at radius 3 is 2.73 bits per heavy atom. The first-order chi connectivity index (χ1) is 4.93. The molecule has 0 spiro atoms. The lowest BCUT2D eigenvalue weighted by Gasteiger charge is -2.27. The van der Waals surface area contributed by atoms with Gasteiger partial charge < -0.3 is 5.11 Å². The van der Waals surface area contributed by atoms with Crippen LogP contribution in [0.4, 0.5) is 0 Å². The summed E-state index contributed by atoms with van der Waals surface area (Å²) < 4.78 is 0. The van der Waals surface area contributed by atoms with Crippen molar-refractivity contribution >= 4 is 5.78 Å². The predicted octanol–water partition coefficient (Wildman–Crippen LogP) is 1.29. The van der Waals surface area contributed by atoms with Crippen molar-refractivity contribution in [3.8, 4) is 0 Å². The van der Waals surface area contributed by atoms with Crippen molar-refractivity contribution in [2.45, 2.75) is 32.8 Å². The van der Waals surface area contributed by atoms with Crippen LogP contribution in [-0.4, -0.2) is 16.5 Å². The van der Waals surface area contributed by atoms with E-state index >= 15 is 0 Å². The zero-order valence-corrected chi connectivity index (χ0v) is 7.22. The van der Waals surface area contributed by atoms with Crippen molar-refractivity contribution < 1.29 is 9.90 Å². The Hall–Kier alpha value is -0.630. The number of aliphatic hydroxyl groups is 1. The summed E-state index contributed by atoms with van der Waals surface area (Å²) in [4.78, 5) is 11.3. The van der Waals surface area contributed by atoms with E-state index in [4.69, 9.17) is 0 Å². The molecular formula is C9H14O2. The molecule has 0 saturated carbocycles. The Morgan fingerprint density at radius 2 is 2.27 bits per heavy atom. The minimum absolute atomic E-state index is 0.0324. The molecule has 2 nitrogen and oxygen atoms in total. The number of hydrogen-bond acceptors (Lipinski definition) is 2. The molecule has 0 fully saturated rings. The van der Waals surface area contributed by atoms with Crippen molar-refractivity contribution in [2.75, 3.05) is 0 Å². The van der Waals surface area contributed by atoms with Crippen molar-refractivity contribution in [2.24, 2.45) is 5.92 Å². The quantitative estimate of drug-likeness (QED) is 0.534. The molecular weight excluding hydrogens is 140 g/mol. The van der Waals surface area contributed by atoms with Gasteiger partial charge in [-0.2, -0.15) is 0 Å². The van der Waals surface area contributed by atoms with Crippen molar-refractivity contribution in [3.63, 3.8) is 0 Å². The van der Waals surface area contributed by atoms with Gasteiger partial charge in [0.1, 0.15) is 5.60 Å². The van der Waals surface area contributed by atoms with Gasteiger partial charge in [0.15, 0.2) is 5.78 Å². The molecule has 0 aromatic heterocycles. The second kappa shape index (κ2) is 2.45. The molecule has 0 saturated heterocycles. The summed E-state index contributed by atoms with van der Waals surface area (Å²) in [5.41, 5.74) is -0.121. The first kappa shape index (κ1) is 8.47. The van der Waals surface area contributed by atoms with Crippen molar-refractivity contribution in [3.05, 3.63) is 11.6 Å². The second-order valence-electron chi connectivity index (χ2n) is 3.61. The van der Waals surface area contributed by atoms with Gasteiger partial charge in [-0.25, -0.2) is 0 Å². The van der Waals surface area contributed by atoms with E-state index in [2.05, 4.69) is 0 Å². The Morgan fingerprint density at radius 1 is 1.73 bits per heavy atom. The van der Waals surface area contributed by atoms with Crippen LogP contribution in [0, 0.1) is 5.92 Å². The van der Waals surface area contributed by atoms with Crippen LogP contribution in [0.5, 0.6) is 0 Å². The Bertz CT molecular complexity index is 214. The monoisotopic (exact) mass is 154 g/mol. The fourth-order valence-electron chi connectivity index (χ4n) is 1.68. The summed E-state index contributed by atoms with van der Waals surface area (Å²) in [5, 5.41) is 9.56. The van der Waals surface area contributed by atoms with E-state index in [0.29, 0.717) is 0 Å². The fraction of sp³-hybridized carbons (Fsp3) is 0.667. The third-order valence-corrected chi connectivity index (χ3v) is 2.10. The maximum Gasteiger partial charge on any atom is 0.171 e. The molecule has 1 N–H and O–H groups in total. The maximum atomic E-state index is 11.3. The molecule has 0 bridgehead atoms. The molecule has 2 unspecified atom stereocenters. The van der Waals surface area contributed by atoms with E-state index in [9.17, 15) is 9.90 Å². The van der Waals surface area contributed by atoms with Gasteiger partial charge in [0.25, 0.3) is 0 Å². The zero-order chi connectivity index (χ0) is 8.65. The number of allylic oxidation sites excluding steroid dienone is 1.